The zero-order chi connectivity index (χ0) is 6.69. The predicted molar refractivity (Wildman–Crippen MR) is 40.1 cm³/mol. The summed E-state index contributed by atoms with van der Waals surface area (Å²) >= 11 is 0. The molecule has 0 aromatic heterocycles. The van der Waals surface area contributed by atoms with Gasteiger partial charge in [0, 0.05) is 0 Å². The average Bonchev–Trinajstić information content (AvgIpc) is 2.18. The molecule has 0 heterocycles. The first-order chi connectivity index (χ1) is 4.34. The van der Waals surface area contributed by atoms with Crippen LogP contribution in [0.15, 0.2) is 12.2 Å². The molecule has 2 atom stereocenters. The Morgan fingerprint density at radius 3 is 2.89 bits per heavy atom. The van der Waals surface area contributed by atoms with Crippen molar-refractivity contribution in [2.24, 2.45) is 17.6 Å². The zero-order valence-electron chi connectivity index (χ0n) is 6.01. The highest BCUT2D eigenvalue weighted by atomic mass is 14.5. The number of nitrogens with two attached hydrogens (primary N) is 1. The monoisotopic (exact) mass is 125 g/mol. The molecule has 0 radical (unpaired) electrons. The van der Waals surface area contributed by atoms with E-state index in [2.05, 4.69) is 19.1 Å². The third kappa shape index (κ3) is 1.55. The molecule has 1 nitrogen and oxygen atoms in total. The molecule has 0 aromatic carbocycles. The average molecular weight is 125 g/mol. The van der Waals surface area contributed by atoms with Crippen LogP contribution in [-0.2, 0) is 0 Å². The van der Waals surface area contributed by atoms with Crippen molar-refractivity contribution in [1.29, 1.82) is 0 Å². The van der Waals surface area contributed by atoms with Gasteiger partial charge in [-0.2, -0.15) is 0 Å². The van der Waals surface area contributed by atoms with Crippen molar-refractivity contribution in [2.75, 3.05) is 6.54 Å². The zero-order valence-corrected chi connectivity index (χ0v) is 6.01. The van der Waals surface area contributed by atoms with Crippen LogP contribution in [0.5, 0.6) is 0 Å². The quantitative estimate of drug-likeness (QED) is 0.557. The minimum Gasteiger partial charge on any atom is -0.330 e. The standard InChI is InChI=1S/C8H15N/c1-7-3-2-4-8(7)5-6-9/h2,4,7-8H,3,5-6,9H2,1H3. The highest BCUT2D eigenvalue weighted by Crippen LogP contribution is 2.26. The maximum Gasteiger partial charge on any atom is -0.00716 e. The summed E-state index contributed by atoms with van der Waals surface area (Å²) in [7, 11) is 0. The molecule has 0 saturated carbocycles. The fourth-order valence-corrected chi connectivity index (χ4v) is 1.41. The molecular formula is C8H15N. The van der Waals surface area contributed by atoms with Gasteiger partial charge in [0.05, 0.1) is 0 Å². The lowest BCUT2D eigenvalue weighted by Gasteiger charge is -2.11. The van der Waals surface area contributed by atoms with Crippen molar-refractivity contribution >= 4 is 0 Å². The Kier molecular flexibility index (Phi) is 2.29. The summed E-state index contributed by atoms with van der Waals surface area (Å²) in [5.41, 5.74) is 5.44. The Hall–Kier alpha value is -0.300. The van der Waals surface area contributed by atoms with E-state index in [4.69, 9.17) is 5.73 Å². The van der Waals surface area contributed by atoms with Crippen molar-refractivity contribution in [3.05, 3.63) is 12.2 Å². The molecule has 1 aliphatic rings. The number of allylic oxidation sites excluding steroid dienone is 2. The smallest absolute Gasteiger partial charge is 0.00716 e. The van der Waals surface area contributed by atoms with Gasteiger partial charge in [0.1, 0.15) is 0 Å². The van der Waals surface area contributed by atoms with E-state index in [-0.39, 0.29) is 0 Å². The summed E-state index contributed by atoms with van der Waals surface area (Å²) in [5.74, 6) is 1.61. The van der Waals surface area contributed by atoms with E-state index in [1.165, 1.54) is 6.42 Å². The van der Waals surface area contributed by atoms with E-state index in [0.29, 0.717) is 0 Å². The van der Waals surface area contributed by atoms with Crippen LogP contribution in [0, 0.1) is 11.8 Å². The van der Waals surface area contributed by atoms with Gasteiger partial charge in [-0.05, 0) is 31.2 Å². The third-order valence-electron chi connectivity index (χ3n) is 2.12. The molecule has 9 heavy (non-hydrogen) atoms. The molecule has 52 valence electrons. The number of rotatable bonds is 2. The van der Waals surface area contributed by atoms with Crippen molar-refractivity contribution < 1.29 is 0 Å². The molecule has 0 aliphatic heterocycles. The van der Waals surface area contributed by atoms with Crippen molar-refractivity contribution in [1.82, 2.24) is 0 Å². The molecule has 0 aromatic rings. The highest BCUT2D eigenvalue weighted by molar-refractivity contribution is 4.99. The van der Waals surface area contributed by atoms with Crippen LogP contribution >= 0.6 is 0 Å². The van der Waals surface area contributed by atoms with E-state index in [0.717, 1.165) is 24.8 Å². The fourth-order valence-electron chi connectivity index (χ4n) is 1.41. The SMILES string of the molecule is CC1CC=CC1CCN. The topological polar surface area (TPSA) is 26.0 Å². The van der Waals surface area contributed by atoms with Crippen LogP contribution in [0.25, 0.3) is 0 Å². The third-order valence-corrected chi connectivity index (χ3v) is 2.12. The molecule has 0 spiro atoms. The van der Waals surface area contributed by atoms with Crippen molar-refractivity contribution in [3.63, 3.8) is 0 Å². The van der Waals surface area contributed by atoms with Crippen molar-refractivity contribution in [3.8, 4) is 0 Å². The Bertz CT molecular complexity index is 107. The van der Waals surface area contributed by atoms with Crippen LogP contribution in [0.4, 0.5) is 0 Å². The van der Waals surface area contributed by atoms with Gasteiger partial charge >= 0.3 is 0 Å². The molecule has 1 heteroatoms. The summed E-state index contributed by atoms with van der Waals surface area (Å²) in [6.45, 7) is 3.12. The summed E-state index contributed by atoms with van der Waals surface area (Å²) in [4.78, 5) is 0. The molecule has 0 bridgehead atoms. The second kappa shape index (κ2) is 3.02. The van der Waals surface area contributed by atoms with Gasteiger partial charge < -0.3 is 5.73 Å². The largest absolute Gasteiger partial charge is 0.330 e. The van der Waals surface area contributed by atoms with E-state index < -0.39 is 0 Å². The van der Waals surface area contributed by atoms with Crippen LogP contribution in [0.1, 0.15) is 19.8 Å². The van der Waals surface area contributed by atoms with Gasteiger partial charge in [-0.3, -0.25) is 0 Å². The molecule has 2 unspecified atom stereocenters. The molecule has 1 rings (SSSR count). The lowest BCUT2D eigenvalue weighted by molar-refractivity contribution is 0.440. The van der Waals surface area contributed by atoms with Crippen molar-refractivity contribution in [2.45, 2.75) is 19.8 Å². The first kappa shape index (κ1) is 6.81. The van der Waals surface area contributed by atoms with E-state index >= 15 is 0 Å². The van der Waals surface area contributed by atoms with Gasteiger partial charge in [-0.1, -0.05) is 19.1 Å². The Morgan fingerprint density at radius 2 is 2.44 bits per heavy atom. The van der Waals surface area contributed by atoms with Crippen LogP contribution < -0.4 is 5.73 Å². The highest BCUT2D eigenvalue weighted by Gasteiger charge is 2.16. The van der Waals surface area contributed by atoms with Gasteiger partial charge in [0.2, 0.25) is 0 Å². The normalized spacial score (nSPS) is 33.6. The van der Waals surface area contributed by atoms with Gasteiger partial charge in [0.15, 0.2) is 0 Å². The molecule has 0 amide bonds. The fraction of sp³-hybridized carbons (Fsp3) is 0.750. The second-order valence-corrected chi connectivity index (χ2v) is 2.88. The lowest BCUT2D eigenvalue weighted by Crippen LogP contribution is -2.10. The Morgan fingerprint density at radius 1 is 1.67 bits per heavy atom. The second-order valence-electron chi connectivity index (χ2n) is 2.88. The van der Waals surface area contributed by atoms with E-state index in [1.54, 1.807) is 0 Å². The summed E-state index contributed by atoms with van der Waals surface area (Å²) in [5, 5.41) is 0. The predicted octanol–water partition coefficient (Wildman–Crippen LogP) is 1.55. The molecule has 2 N–H and O–H groups in total. The minimum atomic E-state index is 0.773. The summed E-state index contributed by atoms with van der Waals surface area (Å²) < 4.78 is 0. The maximum absolute atomic E-state index is 5.44. The first-order valence-electron chi connectivity index (χ1n) is 3.71. The van der Waals surface area contributed by atoms with Crippen LogP contribution in [0.2, 0.25) is 0 Å². The summed E-state index contributed by atoms with van der Waals surface area (Å²) in [6.07, 6.45) is 6.99. The van der Waals surface area contributed by atoms with E-state index in [9.17, 15) is 0 Å². The molecular weight excluding hydrogens is 110 g/mol. The van der Waals surface area contributed by atoms with Gasteiger partial charge in [0.25, 0.3) is 0 Å². The Labute approximate surface area is 56.9 Å². The van der Waals surface area contributed by atoms with Crippen LogP contribution in [0.3, 0.4) is 0 Å². The Balaban J connectivity index is 2.31. The molecule has 0 saturated heterocycles. The van der Waals surface area contributed by atoms with Gasteiger partial charge in [-0.25, -0.2) is 0 Å². The summed E-state index contributed by atoms with van der Waals surface area (Å²) in [6, 6.07) is 0. The molecule has 0 fully saturated rings. The number of hydrogen-bond donors (Lipinski definition) is 1. The first-order valence-corrected chi connectivity index (χ1v) is 3.71. The number of hydrogen-bond acceptors (Lipinski definition) is 1. The maximum atomic E-state index is 5.44. The van der Waals surface area contributed by atoms with Crippen LogP contribution in [-0.4, -0.2) is 6.54 Å². The van der Waals surface area contributed by atoms with Gasteiger partial charge in [-0.15, -0.1) is 0 Å². The minimum absolute atomic E-state index is 0.773. The lowest BCUT2D eigenvalue weighted by atomic mass is 9.95. The van der Waals surface area contributed by atoms with E-state index in [1.807, 2.05) is 0 Å². The molecule has 1 aliphatic carbocycles.